The van der Waals surface area contributed by atoms with E-state index in [1.165, 1.54) is 14.2 Å². The van der Waals surface area contributed by atoms with E-state index in [1.807, 2.05) is 25.1 Å². The molecule has 0 saturated carbocycles. The molecule has 0 aliphatic carbocycles. The zero-order chi connectivity index (χ0) is 23.1. The lowest BCUT2D eigenvalue weighted by molar-refractivity contribution is -0.134. The van der Waals surface area contributed by atoms with Crippen LogP contribution in [-0.2, 0) is 10.2 Å². The summed E-state index contributed by atoms with van der Waals surface area (Å²) in [5, 5.41) is 9.69. The Morgan fingerprint density at radius 2 is 1.75 bits per heavy atom. The van der Waals surface area contributed by atoms with Gasteiger partial charge in [0.25, 0.3) is 5.91 Å². The number of amides is 1. The van der Waals surface area contributed by atoms with Crippen molar-refractivity contribution < 1.29 is 28.9 Å². The van der Waals surface area contributed by atoms with Crippen molar-refractivity contribution in [3.63, 3.8) is 0 Å². The zero-order valence-electron chi connectivity index (χ0n) is 18.9. The van der Waals surface area contributed by atoms with Crippen LogP contribution >= 0.6 is 0 Å². The molecule has 1 heterocycles. The van der Waals surface area contributed by atoms with Gasteiger partial charge in [0.1, 0.15) is 0 Å². The van der Waals surface area contributed by atoms with E-state index in [0.29, 0.717) is 31.5 Å². The summed E-state index contributed by atoms with van der Waals surface area (Å²) in [7, 11) is 2.91. The Morgan fingerprint density at radius 3 is 2.31 bits per heavy atom. The van der Waals surface area contributed by atoms with Crippen molar-refractivity contribution in [2.24, 2.45) is 0 Å². The molecule has 1 N–H and O–H groups in total. The molecule has 0 aromatic heterocycles. The number of carbonyl (C=O) groups excluding carboxylic acids is 2. The van der Waals surface area contributed by atoms with Crippen LogP contribution in [0.3, 0.4) is 0 Å². The summed E-state index contributed by atoms with van der Waals surface area (Å²) in [6.07, 6.45) is 2.28. The predicted octanol–water partition coefficient (Wildman–Crippen LogP) is 3.58. The quantitative estimate of drug-likeness (QED) is 0.473. The van der Waals surface area contributed by atoms with Crippen molar-refractivity contribution in [3.05, 3.63) is 53.6 Å². The maximum Gasteiger partial charge on any atom is 0.311 e. The Labute approximate surface area is 188 Å². The van der Waals surface area contributed by atoms with E-state index in [-0.39, 0.29) is 47.6 Å². The van der Waals surface area contributed by atoms with E-state index in [2.05, 4.69) is 12.1 Å². The Bertz CT molecular complexity index is 920. The molecule has 2 aromatic carbocycles. The first kappa shape index (κ1) is 23.6. The van der Waals surface area contributed by atoms with Gasteiger partial charge in [0, 0.05) is 37.1 Å². The number of hydrogen-bond acceptors (Lipinski definition) is 6. The summed E-state index contributed by atoms with van der Waals surface area (Å²) in [6, 6.07) is 13.2. The van der Waals surface area contributed by atoms with Crippen LogP contribution < -0.4 is 14.2 Å². The Kier molecular flexibility index (Phi) is 7.75. The number of esters is 1. The fourth-order valence-corrected chi connectivity index (χ4v) is 4.29. The molecule has 0 spiro atoms. The Morgan fingerprint density at radius 1 is 1.09 bits per heavy atom. The Balaban J connectivity index is 1.88. The molecule has 0 radical (unpaired) electrons. The molecule has 1 saturated heterocycles. The number of rotatable bonds is 9. The molecule has 3 rings (SSSR count). The van der Waals surface area contributed by atoms with E-state index in [1.54, 1.807) is 17.0 Å². The second-order valence-corrected chi connectivity index (χ2v) is 8.03. The molecule has 2 aromatic rings. The molecule has 1 fully saturated rings. The van der Waals surface area contributed by atoms with Gasteiger partial charge in [-0.1, -0.05) is 37.3 Å². The number of aliphatic hydroxyl groups excluding tert-OH is 1. The fourth-order valence-electron chi connectivity index (χ4n) is 4.29. The number of benzene rings is 2. The van der Waals surface area contributed by atoms with Gasteiger partial charge >= 0.3 is 5.97 Å². The average molecular weight is 442 g/mol. The molecule has 1 amide bonds. The fraction of sp³-hybridized carbons (Fsp3) is 0.440. The molecule has 7 heteroatoms. The van der Waals surface area contributed by atoms with Gasteiger partial charge in [-0.25, -0.2) is 0 Å². The molecule has 1 aliphatic rings. The summed E-state index contributed by atoms with van der Waals surface area (Å²) in [4.78, 5) is 27.2. The van der Waals surface area contributed by atoms with Crippen LogP contribution in [0.15, 0.2) is 42.5 Å². The molecule has 0 bridgehead atoms. The molecule has 1 unspecified atom stereocenters. The summed E-state index contributed by atoms with van der Waals surface area (Å²) in [6.45, 7) is 3.02. The van der Waals surface area contributed by atoms with Crippen LogP contribution in [0, 0.1) is 0 Å². The van der Waals surface area contributed by atoms with Crippen molar-refractivity contribution >= 4 is 11.9 Å². The van der Waals surface area contributed by atoms with Crippen LogP contribution in [-0.4, -0.2) is 55.8 Å². The van der Waals surface area contributed by atoms with Gasteiger partial charge < -0.3 is 24.2 Å². The molecular formula is C25H31NO6. The highest BCUT2D eigenvalue weighted by molar-refractivity contribution is 5.96. The van der Waals surface area contributed by atoms with Crippen LogP contribution in [0.5, 0.6) is 17.2 Å². The summed E-state index contributed by atoms with van der Waals surface area (Å²) in [5.41, 5.74) is 1.23. The van der Waals surface area contributed by atoms with Gasteiger partial charge in [0.2, 0.25) is 5.75 Å². The minimum Gasteiger partial charge on any atom is -0.493 e. The largest absolute Gasteiger partial charge is 0.493 e. The van der Waals surface area contributed by atoms with Gasteiger partial charge in [0.05, 0.1) is 14.2 Å². The van der Waals surface area contributed by atoms with Gasteiger partial charge in [0.15, 0.2) is 11.5 Å². The third-order valence-electron chi connectivity index (χ3n) is 6.00. The summed E-state index contributed by atoms with van der Waals surface area (Å²) in [5.74, 6) is 0.149. The highest BCUT2D eigenvalue weighted by Crippen LogP contribution is 2.41. The topological polar surface area (TPSA) is 85.3 Å². The van der Waals surface area contributed by atoms with Crippen molar-refractivity contribution in [1.82, 2.24) is 4.90 Å². The molecule has 7 nitrogen and oxygen atoms in total. The van der Waals surface area contributed by atoms with E-state index >= 15 is 0 Å². The second kappa shape index (κ2) is 10.5. The highest BCUT2D eigenvalue weighted by atomic mass is 16.6. The lowest BCUT2D eigenvalue weighted by Gasteiger charge is -2.29. The van der Waals surface area contributed by atoms with E-state index in [4.69, 9.17) is 14.2 Å². The molecule has 1 aliphatic heterocycles. The first-order chi connectivity index (χ1) is 15.5. The van der Waals surface area contributed by atoms with Crippen molar-refractivity contribution in [3.8, 4) is 17.2 Å². The monoisotopic (exact) mass is 441 g/mol. The number of aliphatic hydroxyl groups is 1. The third-order valence-corrected chi connectivity index (χ3v) is 6.00. The Hall–Kier alpha value is -3.06. The predicted molar refractivity (Wildman–Crippen MR) is 120 cm³/mol. The van der Waals surface area contributed by atoms with Crippen LogP contribution in [0.2, 0.25) is 0 Å². The van der Waals surface area contributed by atoms with E-state index in [9.17, 15) is 14.7 Å². The number of likely N-dealkylation sites (tertiary alicyclic amines) is 1. The molecule has 172 valence electrons. The second-order valence-electron chi connectivity index (χ2n) is 8.03. The first-order valence-corrected chi connectivity index (χ1v) is 10.9. The first-order valence-electron chi connectivity index (χ1n) is 10.9. The lowest BCUT2D eigenvalue weighted by atomic mass is 9.77. The number of ether oxygens (including phenoxy) is 3. The number of nitrogens with zero attached hydrogens (tertiary/aromatic N) is 1. The summed E-state index contributed by atoms with van der Waals surface area (Å²) < 4.78 is 16.3. The number of hydrogen-bond donors (Lipinski definition) is 1. The lowest BCUT2D eigenvalue weighted by Crippen LogP contribution is -2.35. The van der Waals surface area contributed by atoms with E-state index < -0.39 is 0 Å². The zero-order valence-corrected chi connectivity index (χ0v) is 18.9. The van der Waals surface area contributed by atoms with Gasteiger partial charge in [-0.15, -0.1) is 0 Å². The molecular weight excluding hydrogens is 410 g/mol. The van der Waals surface area contributed by atoms with Crippen molar-refractivity contribution in [2.45, 2.75) is 38.0 Å². The molecule has 1 atom stereocenters. The highest BCUT2D eigenvalue weighted by Gasteiger charge is 2.41. The van der Waals surface area contributed by atoms with Crippen LogP contribution in [0.4, 0.5) is 0 Å². The van der Waals surface area contributed by atoms with Gasteiger partial charge in [-0.2, -0.15) is 0 Å². The summed E-state index contributed by atoms with van der Waals surface area (Å²) >= 11 is 0. The minimum atomic E-state index is -0.389. The van der Waals surface area contributed by atoms with Crippen molar-refractivity contribution in [2.75, 3.05) is 33.9 Å². The SMILES string of the molecule is CCCC(=O)Oc1c(OC)cc(C(=O)N2CCC(CCO)(c3ccccc3)C2)cc1OC. The number of methoxy groups -OCH3 is 2. The van der Waals surface area contributed by atoms with Gasteiger partial charge in [-0.05, 0) is 37.0 Å². The van der Waals surface area contributed by atoms with Crippen LogP contribution in [0.25, 0.3) is 0 Å². The van der Waals surface area contributed by atoms with E-state index in [0.717, 1.165) is 12.0 Å². The maximum absolute atomic E-state index is 13.4. The van der Waals surface area contributed by atoms with Crippen molar-refractivity contribution in [1.29, 1.82) is 0 Å². The molecule has 32 heavy (non-hydrogen) atoms. The maximum atomic E-state index is 13.4. The normalized spacial score (nSPS) is 17.8. The number of carbonyl (C=O) groups is 2. The smallest absolute Gasteiger partial charge is 0.311 e. The average Bonchev–Trinajstić information content (AvgIpc) is 3.25. The minimum absolute atomic E-state index is 0.0520. The van der Waals surface area contributed by atoms with Gasteiger partial charge in [-0.3, -0.25) is 9.59 Å². The van der Waals surface area contributed by atoms with Crippen LogP contribution in [0.1, 0.15) is 48.5 Å². The third kappa shape index (κ3) is 4.88. The standard InChI is InChI=1S/C25H31NO6/c1-4-8-22(28)32-23-20(30-2)15-18(16-21(23)31-3)24(29)26-13-11-25(17-26,12-14-27)19-9-6-5-7-10-19/h5-7,9-10,15-16,27H,4,8,11-14,17H2,1-3H3.